The number of carbonyl (C=O) groups is 2. The van der Waals surface area contributed by atoms with E-state index in [-0.39, 0.29) is 17.9 Å². The Balaban J connectivity index is 1.68. The maximum Gasteiger partial charge on any atom is 0.274 e. The van der Waals surface area contributed by atoms with Gasteiger partial charge in [-0.25, -0.2) is 4.98 Å². The number of furan rings is 1. The van der Waals surface area contributed by atoms with Crippen LogP contribution >= 0.6 is 23.2 Å². The average molecular weight is 390 g/mol. The number of rotatable bonds is 5. The molecule has 2 aromatic heterocycles. The third kappa shape index (κ3) is 4.41. The number of pyridine rings is 1. The highest BCUT2D eigenvalue weighted by Gasteiger charge is 2.13. The molecule has 26 heavy (non-hydrogen) atoms. The summed E-state index contributed by atoms with van der Waals surface area (Å²) < 4.78 is 5.15. The molecule has 132 valence electrons. The number of hydrogen-bond donors (Lipinski definition) is 2. The fraction of sp³-hybridized carbons (Fsp3) is 0.0556. The van der Waals surface area contributed by atoms with Crippen LogP contribution in [-0.4, -0.2) is 16.8 Å². The Morgan fingerprint density at radius 1 is 0.962 bits per heavy atom. The maximum atomic E-state index is 12.3. The van der Waals surface area contributed by atoms with Gasteiger partial charge in [0.1, 0.15) is 17.1 Å². The number of halogens is 2. The third-order valence-corrected chi connectivity index (χ3v) is 4.13. The average Bonchev–Trinajstić information content (AvgIpc) is 3.16. The predicted octanol–water partition coefficient (Wildman–Crippen LogP) is 4.16. The van der Waals surface area contributed by atoms with Crippen LogP contribution in [0.4, 0.5) is 5.69 Å². The van der Waals surface area contributed by atoms with E-state index < -0.39 is 11.8 Å². The number of aromatic nitrogens is 1. The lowest BCUT2D eigenvalue weighted by molar-refractivity contribution is 0.0943. The minimum atomic E-state index is -0.468. The zero-order chi connectivity index (χ0) is 18.5. The fourth-order valence-corrected chi connectivity index (χ4v) is 2.43. The summed E-state index contributed by atoms with van der Waals surface area (Å²) in [6, 6.07) is 12.8. The number of anilines is 1. The molecule has 0 unspecified atom stereocenters. The molecular weight excluding hydrogens is 377 g/mol. The first kappa shape index (κ1) is 18.0. The zero-order valence-electron chi connectivity index (χ0n) is 13.3. The molecule has 0 spiro atoms. The van der Waals surface area contributed by atoms with Crippen LogP contribution in [0.2, 0.25) is 10.0 Å². The van der Waals surface area contributed by atoms with Crippen LogP contribution in [0.25, 0.3) is 0 Å². The van der Waals surface area contributed by atoms with Crippen LogP contribution in [0.5, 0.6) is 0 Å². The molecule has 3 aromatic rings. The molecular formula is C18H13Cl2N3O3. The first-order valence-corrected chi connectivity index (χ1v) is 8.32. The molecule has 2 amide bonds. The van der Waals surface area contributed by atoms with E-state index in [1.54, 1.807) is 30.3 Å². The molecule has 0 fully saturated rings. The van der Waals surface area contributed by atoms with Crippen molar-refractivity contribution in [2.24, 2.45) is 0 Å². The summed E-state index contributed by atoms with van der Waals surface area (Å²) in [4.78, 5) is 28.6. The molecule has 3 rings (SSSR count). The summed E-state index contributed by atoms with van der Waals surface area (Å²) in [7, 11) is 0. The monoisotopic (exact) mass is 389 g/mol. The van der Waals surface area contributed by atoms with Crippen LogP contribution in [-0.2, 0) is 6.54 Å². The lowest BCUT2D eigenvalue weighted by atomic mass is 10.2. The molecule has 2 heterocycles. The summed E-state index contributed by atoms with van der Waals surface area (Å²) in [6.45, 7) is 0.229. The van der Waals surface area contributed by atoms with E-state index in [0.29, 0.717) is 21.5 Å². The van der Waals surface area contributed by atoms with Gasteiger partial charge in [0.15, 0.2) is 0 Å². The number of amides is 2. The molecule has 1 aromatic carbocycles. The SMILES string of the molecule is O=C(NCc1ccco1)c1cccc(C(=O)Nc2ccc(Cl)c(Cl)c2)n1. The fourth-order valence-electron chi connectivity index (χ4n) is 2.13. The van der Waals surface area contributed by atoms with Crippen molar-refractivity contribution in [1.82, 2.24) is 10.3 Å². The van der Waals surface area contributed by atoms with Gasteiger partial charge in [0.2, 0.25) is 0 Å². The quantitative estimate of drug-likeness (QED) is 0.685. The predicted molar refractivity (Wildman–Crippen MR) is 98.5 cm³/mol. The van der Waals surface area contributed by atoms with E-state index in [1.807, 2.05) is 0 Å². The molecule has 0 saturated carbocycles. The normalized spacial score (nSPS) is 10.4. The summed E-state index contributed by atoms with van der Waals surface area (Å²) in [5.41, 5.74) is 0.693. The second-order valence-electron chi connectivity index (χ2n) is 5.25. The highest BCUT2D eigenvalue weighted by atomic mass is 35.5. The second kappa shape index (κ2) is 8.03. The lowest BCUT2D eigenvalue weighted by Gasteiger charge is -2.07. The van der Waals surface area contributed by atoms with Crippen molar-refractivity contribution >= 4 is 40.7 Å². The molecule has 0 aliphatic carbocycles. The topological polar surface area (TPSA) is 84.2 Å². The van der Waals surface area contributed by atoms with Gasteiger partial charge in [0.25, 0.3) is 11.8 Å². The summed E-state index contributed by atoms with van der Waals surface area (Å²) in [5, 5.41) is 6.04. The Kier molecular flexibility index (Phi) is 5.55. The van der Waals surface area contributed by atoms with Gasteiger partial charge in [-0.1, -0.05) is 29.3 Å². The van der Waals surface area contributed by atoms with E-state index in [4.69, 9.17) is 27.6 Å². The van der Waals surface area contributed by atoms with Gasteiger partial charge in [0.05, 0.1) is 22.9 Å². The van der Waals surface area contributed by atoms with E-state index in [2.05, 4.69) is 15.6 Å². The Hall–Kier alpha value is -2.83. The highest BCUT2D eigenvalue weighted by molar-refractivity contribution is 6.42. The molecule has 6 nitrogen and oxygen atoms in total. The molecule has 0 atom stereocenters. The van der Waals surface area contributed by atoms with E-state index in [1.165, 1.54) is 24.5 Å². The smallest absolute Gasteiger partial charge is 0.274 e. The minimum absolute atomic E-state index is 0.0988. The van der Waals surface area contributed by atoms with E-state index in [9.17, 15) is 9.59 Å². The Morgan fingerprint density at radius 2 is 1.73 bits per heavy atom. The van der Waals surface area contributed by atoms with Crippen molar-refractivity contribution in [3.05, 3.63) is 82.0 Å². The first-order valence-electron chi connectivity index (χ1n) is 7.57. The van der Waals surface area contributed by atoms with Crippen molar-refractivity contribution in [2.45, 2.75) is 6.54 Å². The van der Waals surface area contributed by atoms with Crippen molar-refractivity contribution in [3.63, 3.8) is 0 Å². The summed E-state index contributed by atoms with van der Waals surface area (Å²) in [5.74, 6) is -0.262. The van der Waals surface area contributed by atoms with Crippen LogP contribution in [0.15, 0.2) is 59.2 Å². The molecule has 2 N–H and O–H groups in total. The van der Waals surface area contributed by atoms with Crippen molar-refractivity contribution in [2.75, 3.05) is 5.32 Å². The van der Waals surface area contributed by atoms with Crippen LogP contribution in [0.3, 0.4) is 0 Å². The van der Waals surface area contributed by atoms with Crippen LogP contribution < -0.4 is 10.6 Å². The maximum absolute atomic E-state index is 12.3. The molecule has 0 saturated heterocycles. The van der Waals surface area contributed by atoms with Gasteiger partial charge in [-0.2, -0.15) is 0 Å². The Morgan fingerprint density at radius 3 is 2.42 bits per heavy atom. The van der Waals surface area contributed by atoms with E-state index in [0.717, 1.165) is 0 Å². The van der Waals surface area contributed by atoms with Crippen molar-refractivity contribution in [3.8, 4) is 0 Å². The van der Waals surface area contributed by atoms with Crippen LogP contribution in [0.1, 0.15) is 26.7 Å². The van der Waals surface area contributed by atoms with Gasteiger partial charge >= 0.3 is 0 Å². The molecule has 0 aliphatic heterocycles. The number of benzene rings is 1. The number of hydrogen-bond acceptors (Lipinski definition) is 4. The number of nitrogens with zero attached hydrogens (tertiary/aromatic N) is 1. The van der Waals surface area contributed by atoms with Gasteiger partial charge in [-0.05, 0) is 42.5 Å². The summed E-state index contributed by atoms with van der Waals surface area (Å²) >= 11 is 11.8. The molecule has 0 radical (unpaired) electrons. The highest BCUT2D eigenvalue weighted by Crippen LogP contribution is 2.25. The lowest BCUT2D eigenvalue weighted by Crippen LogP contribution is -2.24. The zero-order valence-corrected chi connectivity index (χ0v) is 14.8. The van der Waals surface area contributed by atoms with Gasteiger partial charge in [0, 0.05) is 5.69 Å². The Labute approximate surface area is 159 Å². The van der Waals surface area contributed by atoms with Gasteiger partial charge in [-0.15, -0.1) is 0 Å². The Bertz CT molecular complexity index is 943. The number of carbonyl (C=O) groups excluding carboxylic acids is 2. The van der Waals surface area contributed by atoms with Gasteiger partial charge < -0.3 is 15.1 Å². The summed E-state index contributed by atoms with van der Waals surface area (Å²) in [6.07, 6.45) is 1.52. The van der Waals surface area contributed by atoms with Gasteiger partial charge in [-0.3, -0.25) is 9.59 Å². The minimum Gasteiger partial charge on any atom is -0.467 e. The molecule has 0 aliphatic rings. The largest absolute Gasteiger partial charge is 0.467 e. The third-order valence-electron chi connectivity index (χ3n) is 3.40. The van der Waals surface area contributed by atoms with E-state index >= 15 is 0 Å². The first-order chi connectivity index (χ1) is 12.5. The standard InChI is InChI=1S/C18H13Cl2N3O3/c19-13-7-6-11(9-14(13)20)22-18(25)16-5-1-4-15(23-16)17(24)21-10-12-3-2-8-26-12/h1-9H,10H2,(H,21,24)(H,22,25). The molecule has 0 bridgehead atoms. The van der Waals surface area contributed by atoms with Crippen LogP contribution in [0, 0.1) is 0 Å². The van der Waals surface area contributed by atoms with Crippen molar-refractivity contribution < 1.29 is 14.0 Å². The second-order valence-corrected chi connectivity index (χ2v) is 6.07. The van der Waals surface area contributed by atoms with Crippen molar-refractivity contribution in [1.29, 1.82) is 0 Å². The number of nitrogens with one attached hydrogen (secondary N) is 2. The molecule has 8 heteroatoms.